The molecule has 0 fully saturated rings. The Bertz CT molecular complexity index is 1240. The smallest absolute Gasteiger partial charge is 0.413 e. The maximum Gasteiger partial charge on any atom is 0.413 e. The van der Waals surface area contributed by atoms with E-state index in [2.05, 4.69) is 30.6 Å². The Hall–Kier alpha value is -4.72. The molecule has 3 heterocycles. The number of amides is 2. The summed E-state index contributed by atoms with van der Waals surface area (Å²) in [6.07, 6.45) is 3.87. The van der Waals surface area contributed by atoms with Gasteiger partial charge in [0, 0.05) is 19.4 Å². The van der Waals surface area contributed by atoms with Crippen molar-refractivity contribution in [3.63, 3.8) is 0 Å². The quantitative estimate of drug-likeness (QED) is 0.219. The second-order valence-electron chi connectivity index (χ2n) is 7.09. The zero-order valence-electron chi connectivity index (χ0n) is 18.6. The number of aromatic nitrogens is 4. The summed E-state index contributed by atoms with van der Waals surface area (Å²) in [6.45, 7) is 1.34. The van der Waals surface area contributed by atoms with E-state index in [1.165, 1.54) is 51.0 Å². The monoisotopic (exact) mass is 485 g/mol. The fourth-order valence-electron chi connectivity index (χ4n) is 2.79. The van der Waals surface area contributed by atoms with Crippen LogP contribution in [0.25, 0.3) is 5.70 Å². The van der Waals surface area contributed by atoms with Gasteiger partial charge in [-0.3, -0.25) is 20.1 Å². The van der Waals surface area contributed by atoms with E-state index >= 15 is 0 Å². The highest BCUT2D eigenvalue weighted by Gasteiger charge is 2.20. The molecule has 0 aliphatic heterocycles. The third-order valence-corrected chi connectivity index (χ3v) is 4.50. The minimum Gasteiger partial charge on any atom is -0.441 e. The van der Waals surface area contributed by atoms with E-state index < -0.39 is 29.9 Å². The lowest BCUT2D eigenvalue weighted by atomic mass is 10.2. The molecular weight excluding hydrogens is 464 g/mol. The Morgan fingerprint density at radius 2 is 1.83 bits per heavy atom. The lowest BCUT2D eigenvalue weighted by Gasteiger charge is -2.21. The van der Waals surface area contributed by atoms with Gasteiger partial charge in [0.1, 0.15) is 23.9 Å². The van der Waals surface area contributed by atoms with Crippen molar-refractivity contribution in [2.45, 2.75) is 13.0 Å². The number of nitrogens with one attached hydrogen (secondary N) is 2. The van der Waals surface area contributed by atoms with Crippen LogP contribution in [0.1, 0.15) is 34.6 Å². The van der Waals surface area contributed by atoms with Gasteiger partial charge in [-0.25, -0.2) is 30.0 Å². The average molecular weight is 485 g/mol. The van der Waals surface area contributed by atoms with E-state index in [0.29, 0.717) is 11.9 Å². The molecule has 3 aromatic heterocycles. The van der Waals surface area contributed by atoms with Crippen molar-refractivity contribution in [3.8, 4) is 0 Å². The van der Waals surface area contributed by atoms with Crippen molar-refractivity contribution in [1.82, 2.24) is 30.3 Å². The molecule has 14 heteroatoms. The number of nitrogens with two attached hydrogens (primary N) is 2. The molecule has 35 heavy (non-hydrogen) atoms. The van der Waals surface area contributed by atoms with Crippen LogP contribution in [0.3, 0.4) is 0 Å². The maximum absolute atomic E-state index is 13.8. The number of halogens is 2. The molecule has 0 bridgehead atoms. The van der Waals surface area contributed by atoms with Crippen LogP contribution < -0.4 is 22.2 Å². The van der Waals surface area contributed by atoms with Crippen molar-refractivity contribution < 1.29 is 23.1 Å². The van der Waals surface area contributed by atoms with Crippen LogP contribution in [-0.4, -0.2) is 44.0 Å². The third kappa shape index (κ3) is 6.42. The summed E-state index contributed by atoms with van der Waals surface area (Å²) in [5.74, 6) is 3.50. The summed E-state index contributed by atoms with van der Waals surface area (Å²) in [7, 11) is 1.40. The summed E-state index contributed by atoms with van der Waals surface area (Å²) in [6, 6.07) is 3.89. The average Bonchev–Trinajstić information content (AvgIpc) is 2.84. The fraction of sp³-hybridized carbons (Fsp3) is 0.143. The highest BCUT2D eigenvalue weighted by molar-refractivity contribution is 6.03. The first-order chi connectivity index (χ1) is 16.7. The molecule has 12 nitrogen and oxygen atoms in total. The highest BCUT2D eigenvalue weighted by atomic mass is 19.1. The first kappa shape index (κ1) is 24.9. The molecular formula is C21H21F2N9O3. The predicted molar refractivity (Wildman–Crippen MR) is 119 cm³/mol. The lowest BCUT2D eigenvalue weighted by Crippen LogP contribution is -2.39. The molecule has 0 aliphatic carbocycles. The maximum atomic E-state index is 13.8. The number of ether oxygens (including phenoxy) is 1. The molecule has 2 amide bonds. The number of pyridine rings is 2. The first-order valence-electron chi connectivity index (χ1n) is 9.95. The van der Waals surface area contributed by atoms with Gasteiger partial charge in [-0.1, -0.05) is 0 Å². The van der Waals surface area contributed by atoms with Crippen LogP contribution in [0.4, 0.5) is 19.3 Å². The fourth-order valence-corrected chi connectivity index (χ4v) is 2.79. The molecule has 0 aromatic carbocycles. The van der Waals surface area contributed by atoms with E-state index in [0.717, 1.165) is 11.1 Å². The number of carbonyl (C=O) groups is 2. The molecule has 1 atom stereocenters. The summed E-state index contributed by atoms with van der Waals surface area (Å²) >= 11 is 0. The second kappa shape index (κ2) is 10.9. The summed E-state index contributed by atoms with van der Waals surface area (Å²) in [5, 5.41) is 5.99. The Labute approximate surface area is 198 Å². The van der Waals surface area contributed by atoms with Gasteiger partial charge in [0.25, 0.3) is 5.91 Å². The van der Waals surface area contributed by atoms with E-state index in [4.69, 9.17) is 16.3 Å². The van der Waals surface area contributed by atoms with Crippen LogP contribution in [0.2, 0.25) is 0 Å². The van der Waals surface area contributed by atoms with Gasteiger partial charge in [-0.05, 0) is 25.1 Å². The SMILES string of the molecule is C[C@@H](OC(=O)N/C(=C(/N)c1ccc(NC(=O)c2cncnc2)cn1)N(C)N)c1cc(F)cnc1F. The van der Waals surface area contributed by atoms with E-state index in [-0.39, 0.29) is 28.3 Å². The standard InChI is InChI=1S/C21H21F2N9O3/c1-11(15-5-13(22)8-29-18(15)23)35-21(34)31-19(32(2)25)17(24)16-4-3-14(9-28-16)30-20(33)12-6-26-10-27-7-12/h3-11H,24-25H2,1-2H3,(H,30,33)(H,31,34)/b19-17-/t11-/m1/s1. The Balaban J connectivity index is 1.71. The third-order valence-electron chi connectivity index (χ3n) is 4.50. The van der Waals surface area contributed by atoms with Gasteiger partial charge in [0.05, 0.1) is 34.9 Å². The van der Waals surface area contributed by atoms with Crippen molar-refractivity contribution in [1.29, 1.82) is 0 Å². The van der Waals surface area contributed by atoms with Crippen LogP contribution >= 0.6 is 0 Å². The van der Waals surface area contributed by atoms with E-state index in [1.807, 2.05) is 0 Å². The van der Waals surface area contributed by atoms with Crippen LogP contribution in [-0.2, 0) is 4.74 Å². The van der Waals surface area contributed by atoms with Gasteiger partial charge >= 0.3 is 6.09 Å². The molecule has 6 N–H and O–H groups in total. The molecule has 0 aliphatic rings. The van der Waals surface area contributed by atoms with Gasteiger partial charge < -0.3 is 15.8 Å². The molecule has 182 valence electrons. The number of alkyl carbamates (subject to hydrolysis) is 1. The van der Waals surface area contributed by atoms with Crippen molar-refractivity contribution in [2.75, 3.05) is 12.4 Å². The van der Waals surface area contributed by atoms with Gasteiger partial charge in [-0.2, -0.15) is 4.39 Å². The number of rotatable bonds is 7. The normalized spacial score (nSPS) is 12.3. The van der Waals surface area contributed by atoms with E-state index in [9.17, 15) is 18.4 Å². The topological polar surface area (TPSA) is 174 Å². The number of hydrazine groups is 1. The zero-order valence-corrected chi connectivity index (χ0v) is 18.6. The van der Waals surface area contributed by atoms with Gasteiger partial charge in [0.2, 0.25) is 5.95 Å². The van der Waals surface area contributed by atoms with Crippen molar-refractivity contribution in [2.24, 2.45) is 11.6 Å². The number of anilines is 1. The molecule has 0 radical (unpaired) electrons. The molecule has 0 spiro atoms. The van der Waals surface area contributed by atoms with Gasteiger partial charge in [-0.15, -0.1) is 0 Å². The second-order valence-corrected chi connectivity index (χ2v) is 7.09. The highest BCUT2D eigenvalue weighted by Crippen LogP contribution is 2.20. The number of hydrogen-bond acceptors (Lipinski definition) is 10. The first-order valence-corrected chi connectivity index (χ1v) is 9.95. The Morgan fingerprint density at radius 3 is 2.46 bits per heavy atom. The predicted octanol–water partition coefficient (Wildman–Crippen LogP) is 1.67. The molecule has 0 unspecified atom stereocenters. The lowest BCUT2D eigenvalue weighted by molar-refractivity contribution is 0.102. The minimum absolute atomic E-state index is 0.0347. The Morgan fingerprint density at radius 1 is 1.11 bits per heavy atom. The van der Waals surface area contributed by atoms with Crippen LogP contribution in [0, 0.1) is 11.8 Å². The minimum atomic E-state index is -1.17. The largest absolute Gasteiger partial charge is 0.441 e. The zero-order chi connectivity index (χ0) is 25.5. The van der Waals surface area contributed by atoms with Crippen LogP contribution in [0.15, 0.2) is 55.1 Å². The molecule has 3 aromatic rings. The summed E-state index contributed by atoms with van der Waals surface area (Å²) in [4.78, 5) is 39.5. The number of carbonyl (C=O) groups excluding carboxylic acids is 2. The van der Waals surface area contributed by atoms with Gasteiger partial charge in [0.15, 0.2) is 5.82 Å². The van der Waals surface area contributed by atoms with Crippen molar-refractivity contribution in [3.05, 3.63) is 83.7 Å². The molecule has 3 rings (SSSR count). The molecule has 0 saturated heterocycles. The summed E-state index contributed by atoms with van der Waals surface area (Å²) in [5.41, 5.74) is 6.67. The number of nitrogens with zero attached hydrogens (tertiary/aromatic N) is 5. The van der Waals surface area contributed by atoms with E-state index in [1.54, 1.807) is 0 Å². The number of hydrogen-bond donors (Lipinski definition) is 4. The molecule has 0 saturated carbocycles. The summed E-state index contributed by atoms with van der Waals surface area (Å²) < 4.78 is 32.3. The van der Waals surface area contributed by atoms with Crippen LogP contribution in [0.5, 0.6) is 0 Å². The van der Waals surface area contributed by atoms with Crippen molar-refractivity contribution >= 4 is 23.4 Å². The Kier molecular flexibility index (Phi) is 7.78.